The molecule has 0 saturated heterocycles. The molecule has 0 heterocycles. The number of para-hydroxylation sites is 1. The first kappa shape index (κ1) is 10.5. The molecule has 0 unspecified atom stereocenters. The molecule has 2 aromatic rings. The van der Waals surface area contributed by atoms with Crippen molar-refractivity contribution in [3.63, 3.8) is 0 Å². The van der Waals surface area contributed by atoms with E-state index in [2.05, 4.69) is 0 Å². The molecule has 0 saturated carbocycles. The second-order valence-electron chi connectivity index (χ2n) is 3.23. The number of rotatable bonds is 3. The molecule has 0 radical (unpaired) electrons. The summed E-state index contributed by atoms with van der Waals surface area (Å²) in [5.74, 6) is 11.2. The minimum absolute atomic E-state index is 0.406. The molecular formula is C12H12N2O2. The Hall–Kier alpha value is -2.04. The van der Waals surface area contributed by atoms with Gasteiger partial charge in [-0.2, -0.15) is 11.8 Å². The number of nitrogens with two attached hydrogens (primary N) is 2. The highest BCUT2D eigenvalue weighted by Gasteiger charge is 2.11. The lowest BCUT2D eigenvalue weighted by Gasteiger charge is -2.10. The van der Waals surface area contributed by atoms with Gasteiger partial charge in [-0.05, 0) is 11.6 Å². The highest BCUT2D eigenvalue weighted by atomic mass is 16.7. The molecule has 0 aromatic heterocycles. The van der Waals surface area contributed by atoms with Crippen molar-refractivity contribution in [2.75, 3.05) is 0 Å². The second kappa shape index (κ2) is 4.65. The van der Waals surface area contributed by atoms with Gasteiger partial charge in [0.15, 0.2) is 11.5 Å². The van der Waals surface area contributed by atoms with Gasteiger partial charge in [-0.15, -0.1) is 0 Å². The van der Waals surface area contributed by atoms with E-state index in [9.17, 15) is 0 Å². The fourth-order valence-electron chi connectivity index (χ4n) is 1.58. The Labute approximate surface area is 93.3 Å². The van der Waals surface area contributed by atoms with Crippen LogP contribution in [0.2, 0.25) is 0 Å². The van der Waals surface area contributed by atoms with Gasteiger partial charge in [0.2, 0.25) is 0 Å². The summed E-state index contributed by atoms with van der Waals surface area (Å²) in [6.45, 7) is 0. The predicted octanol–water partition coefficient (Wildman–Crippen LogP) is 1.86. The largest absolute Gasteiger partial charge is 0.407 e. The standard InChI is InChI=1S/C12H12N2O2/c13-15-11-8-4-7-10(12(11)16-14)9-5-2-1-3-6-9/h1-8H,13-14H2. The topological polar surface area (TPSA) is 70.5 Å². The van der Waals surface area contributed by atoms with Crippen molar-refractivity contribution < 1.29 is 9.68 Å². The molecule has 4 nitrogen and oxygen atoms in total. The van der Waals surface area contributed by atoms with Crippen LogP contribution in [0.4, 0.5) is 0 Å². The van der Waals surface area contributed by atoms with E-state index in [0.717, 1.165) is 11.1 Å². The molecular weight excluding hydrogens is 204 g/mol. The van der Waals surface area contributed by atoms with E-state index < -0.39 is 0 Å². The van der Waals surface area contributed by atoms with E-state index in [4.69, 9.17) is 21.5 Å². The van der Waals surface area contributed by atoms with Gasteiger partial charge >= 0.3 is 0 Å². The predicted molar refractivity (Wildman–Crippen MR) is 61.5 cm³/mol. The van der Waals surface area contributed by atoms with Gasteiger partial charge in [0.05, 0.1) is 0 Å². The quantitative estimate of drug-likeness (QED) is 0.768. The van der Waals surface area contributed by atoms with Gasteiger partial charge in [0, 0.05) is 5.56 Å². The molecule has 2 rings (SSSR count). The summed E-state index contributed by atoms with van der Waals surface area (Å²) in [6.07, 6.45) is 0. The minimum Gasteiger partial charge on any atom is -0.407 e. The van der Waals surface area contributed by atoms with Gasteiger partial charge in [0.25, 0.3) is 0 Å². The number of benzene rings is 2. The van der Waals surface area contributed by atoms with Gasteiger partial charge < -0.3 is 9.68 Å². The molecule has 4 heteroatoms. The third-order valence-corrected chi connectivity index (χ3v) is 2.31. The van der Waals surface area contributed by atoms with Crippen LogP contribution in [0.3, 0.4) is 0 Å². The zero-order valence-electron chi connectivity index (χ0n) is 8.59. The third kappa shape index (κ3) is 1.84. The Balaban J connectivity index is 2.57. The first-order valence-electron chi connectivity index (χ1n) is 4.78. The van der Waals surface area contributed by atoms with E-state index in [1.54, 1.807) is 6.07 Å². The van der Waals surface area contributed by atoms with Crippen LogP contribution >= 0.6 is 0 Å². The summed E-state index contributed by atoms with van der Waals surface area (Å²) in [5.41, 5.74) is 1.83. The monoisotopic (exact) mass is 216 g/mol. The highest BCUT2D eigenvalue weighted by molar-refractivity contribution is 5.73. The highest BCUT2D eigenvalue weighted by Crippen LogP contribution is 2.36. The first-order chi connectivity index (χ1) is 7.86. The van der Waals surface area contributed by atoms with Gasteiger partial charge in [-0.25, -0.2) is 0 Å². The third-order valence-electron chi connectivity index (χ3n) is 2.31. The Morgan fingerprint density at radius 1 is 0.750 bits per heavy atom. The molecule has 4 N–H and O–H groups in total. The molecule has 2 aromatic carbocycles. The van der Waals surface area contributed by atoms with E-state index in [1.807, 2.05) is 42.5 Å². The van der Waals surface area contributed by atoms with Crippen LogP contribution in [0.1, 0.15) is 0 Å². The molecule has 0 amide bonds. The fraction of sp³-hybridized carbons (Fsp3) is 0. The molecule has 0 fully saturated rings. The fourth-order valence-corrected chi connectivity index (χ4v) is 1.58. The van der Waals surface area contributed by atoms with Crippen LogP contribution in [0.25, 0.3) is 11.1 Å². The Morgan fingerprint density at radius 2 is 1.50 bits per heavy atom. The SMILES string of the molecule is NOc1cccc(-c2ccccc2)c1ON. The van der Waals surface area contributed by atoms with E-state index in [0.29, 0.717) is 11.5 Å². The van der Waals surface area contributed by atoms with Crippen molar-refractivity contribution in [1.82, 2.24) is 0 Å². The molecule has 0 atom stereocenters. The van der Waals surface area contributed by atoms with Crippen LogP contribution in [0.5, 0.6) is 11.5 Å². The zero-order chi connectivity index (χ0) is 11.4. The number of hydrogen-bond acceptors (Lipinski definition) is 4. The summed E-state index contributed by atoms with van der Waals surface area (Å²) < 4.78 is 0. The maximum atomic E-state index is 5.23. The molecule has 0 aliphatic carbocycles. The average Bonchev–Trinajstić information content (AvgIpc) is 2.38. The van der Waals surface area contributed by atoms with E-state index in [-0.39, 0.29) is 0 Å². The Morgan fingerprint density at radius 3 is 2.12 bits per heavy atom. The summed E-state index contributed by atoms with van der Waals surface area (Å²) >= 11 is 0. The van der Waals surface area contributed by atoms with Crippen LogP contribution in [0, 0.1) is 0 Å². The van der Waals surface area contributed by atoms with Crippen LogP contribution in [-0.4, -0.2) is 0 Å². The lowest BCUT2D eigenvalue weighted by Crippen LogP contribution is -2.09. The lowest BCUT2D eigenvalue weighted by atomic mass is 10.0. The van der Waals surface area contributed by atoms with Crippen molar-refractivity contribution >= 4 is 0 Å². The molecule has 0 aliphatic rings. The zero-order valence-corrected chi connectivity index (χ0v) is 8.59. The van der Waals surface area contributed by atoms with Crippen LogP contribution in [-0.2, 0) is 0 Å². The van der Waals surface area contributed by atoms with Crippen LogP contribution in [0.15, 0.2) is 48.5 Å². The summed E-state index contributed by atoms with van der Waals surface area (Å²) in [4.78, 5) is 9.51. The van der Waals surface area contributed by atoms with Crippen LogP contribution < -0.4 is 21.5 Å². The minimum atomic E-state index is 0.406. The van der Waals surface area contributed by atoms with Gasteiger partial charge in [-0.3, -0.25) is 0 Å². The summed E-state index contributed by atoms with van der Waals surface area (Å²) in [5, 5.41) is 0. The van der Waals surface area contributed by atoms with E-state index in [1.165, 1.54) is 0 Å². The maximum Gasteiger partial charge on any atom is 0.199 e. The van der Waals surface area contributed by atoms with E-state index >= 15 is 0 Å². The van der Waals surface area contributed by atoms with Crippen molar-refractivity contribution in [2.24, 2.45) is 11.8 Å². The smallest absolute Gasteiger partial charge is 0.199 e. The van der Waals surface area contributed by atoms with Gasteiger partial charge in [0.1, 0.15) is 0 Å². The van der Waals surface area contributed by atoms with Crippen molar-refractivity contribution in [3.05, 3.63) is 48.5 Å². The molecule has 0 spiro atoms. The Kier molecular flexibility index (Phi) is 3.05. The summed E-state index contributed by atoms with van der Waals surface area (Å²) in [7, 11) is 0. The van der Waals surface area contributed by atoms with Crippen molar-refractivity contribution in [3.8, 4) is 22.6 Å². The lowest BCUT2D eigenvalue weighted by molar-refractivity contribution is 0.282. The number of hydrogen-bond donors (Lipinski definition) is 2. The average molecular weight is 216 g/mol. The van der Waals surface area contributed by atoms with Gasteiger partial charge in [-0.1, -0.05) is 42.5 Å². The first-order valence-corrected chi connectivity index (χ1v) is 4.78. The maximum absolute atomic E-state index is 5.23. The normalized spacial score (nSPS) is 9.88. The molecule has 16 heavy (non-hydrogen) atoms. The molecule has 0 aliphatic heterocycles. The van der Waals surface area contributed by atoms with Crippen molar-refractivity contribution in [1.29, 1.82) is 0 Å². The molecule has 0 bridgehead atoms. The second-order valence-corrected chi connectivity index (χ2v) is 3.23. The van der Waals surface area contributed by atoms with Crippen molar-refractivity contribution in [2.45, 2.75) is 0 Å². The summed E-state index contributed by atoms with van der Waals surface area (Å²) in [6, 6.07) is 15.1. The molecule has 82 valence electrons. The Bertz CT molecular complexity index is 472.